The zero-order chi connectivity index (χ0) is 17.8. The first-order chi connectivity index (χ1) is 12.0. The highest BCUT2D eigenvalue weighted by Crippen LogP contribution is 2.21. The number of carbonyl (C=O) groups excluding carboxylic acids is 2. The number of nitrogens with one attached hydrogen (secondary N) is 1. The molecule has 8 heteroatoms. The molecular weight excluding hydrogens is 393 g/mol. The maximum Gasteiger partial charge on any atom is 0.260 e. The summed E-state index contributed by atoms with van der Waals surface area (Å²) in [4.78, 5) is 27.7. The zero-order valence-corrected chi connectivity index (χ0v) is 15.4. The maximum absolute atomic E-state index is 13.7. The molecule has 1 heterocycles. The third kappa shape index (κ3) is 5.40. The lowest BCUT2D eigenvalue weighted by molar-refractivity contribution is -0.135. The molecule has 1 saturated heterocycles. The van der Waals surface area contributed by atoms with E-state index in [0.29, 0.717) is 43.2 Å². The van der Waals surface area contributed by atoms with E-state index in [0.717, 1.165) is 12.8 Å². The van der Waals surface area contributed by atoms with Gasteiger partial charge in [0.25, 0.3) is 5.91 Å². The molecule has 6 nitrogen and oxygen atoms in total. The summed E-state index contributed by atoms with van der Waals surface area (Å²) in [5, 5.41) is 2.96. The molecule has 1 aromatic rings. The first-order valence-electron chi connectivity index (χ1n) is 8.38. The molecule has 1 N–H and O–H groups in total. The van der Waals surface area contributed by atoms with Crippen molar-refractivity contribution in [3.63, 3.8) is 0 Å². The van der Waals surface area contributed by atoms with Crippen LogP contribution in [-0.4, -0.2) is 67.0 Å². The first kappa shape index (κ1) is 18.1. The van der Waals surface area contributed by atoms with Crippen molar-refractivity contribution in [2.75, 3.05) is 39.3 Å². The number of halogens is 2. The molecule has 0 unspecified atom stereocenters. The number of amides is 2. The minimum atomic E-state index is -0.506. The van der Waals surface area contributed by atoms with Crippen molar-refractivity contribution in [1.29, 1.82) is 0 Å². The van der Waals surface area contributed by atoms with Crippen molar-refractivity contribution in [3.8, 4) is 5.75 Å². The quantitative estimate of drug-likeness (QED) is 0.765. The first-order valence-corrected chi connectivity index (χ1v) is 9.18. The van der Waals surface area contributed by atoms with Crippen LogP contribution in [0.4, 0.5) is 4.39 Å². The average Bonchev–Trinajstić information content (AvgIpc) is 3.38. The van der Waals surface area contributed by atoms with E-state index in [1.54, 1.807) is 11.0 Å². The molecule has 2 amide bonds. The Kier molecular flexibility index (Phi) is 5.90. The van der Waals surface area contributed by atoms with Crippen molar-refractivity contribution in [2.24, 2.45) is 0 Å². The molecule has 1 aliphatic carbocycles. The summed E-state index contributed by atoms with van der Waals surface area (Å²) in [6.45, 7) is 2.57. The number of carbonyl (C=O) groups is 2. The van der Waals surface area contributed by atoms with Crippen molar-refractivity contribution < 1.29 is 18.7 Å². The SMILES string of the molecule is O=C(CN1CCN(C(=O)COc2ccc(Br)cc2F)CC1)NC1CC1. The second-order valence-corrected chi connectivity index (χ2v) is 7.28. The van der Waals surface area contributed by atoms with Gasteiger partial charge in [0.05, 0.1) is 6.54 Å². The van der Waals surface area contributed by atoms with Gasteiger partial charge in [0.2, 0.25) is 5.91 Å². The maximum atomic E-state index is 13.7. The Balaban J connectivity index is 1.39. The van der Waals surface area contributed by atoms with E-state index in [1.165, 1.54) is 12.1 Å². The Morgan fingerprint density at radius 1 is 1.24 bits per heavy atom. The molecule has 1 aliphatic heterocycles. The lowest BCUT2D eigenvalue weighted by Gasteiger charge is -2.34. The Labute approximate surface area is 154 Å². The van der Waals surface area contributed by atoms with Gasteiger partial charge in [0, 0.05) is 36.7 Å². The fourth-order valence-electron chi connectivity index (χ4n) is 2.68. The summed E-state index contributed by atoms with van der Waals surface area (Å²) in [5.41, 5.74) is 0. The van der Waals surface area contributed by atoms with Gasteiger partial charge in [-0.2, -0.15) is 0 Å². The summed E-state index contributed by atoms with van der Waals surface area (Å²) in [5.74, 6) is -0.568. The molecule has 0 atom stereocenters. The van der Waals surface area contributed by atoms with Crippen LogP contribution in [0.25, 0.3) is 0 Å². The summed E-state index contributed by atoms with van der Waals surface area (Å²) in [6.07, 6.45) is 2.15. The Morgan fingerprint density at radius 3 is 2.60 bits per heavy atom. The lowest BCUT2D eigenvalue weighted by atomic mass is 10.3. The molecule has 0 spiro atoms. The predicted octanol–water partition coefficient (Wildman–Crippen LogP) is 1.39. The smallest absolute Gasteiger partial charge is 0.260 e. The van der Waals surface area contributed by atoms with E-state index in [2.05, 4.69) is 21.2 Å². The van der Waals surface area contributed by atoms with Gasteiger partial charge in [-0.25, -0.2) is 4.39 Å². The van der Waals surface area contributed by atoms with Gasteiger partial charge in [0.15, 0.2) is 18.2 Å². The highest BCUT2D eigenvalue weighted by atomic mass is 79.9. The number of hydrogen-bond donors (Lipinski definition) is 1. The molecule has 2 fully saturated rings. The Hall–Kier alpha value is -1.67. The summed E-state index contributed by atoms with van der Waals surface area (Å²) in [7, 11) is 0. The van der Waals surface area contributed by atoms with Crippen molar-refractivity contribution in [3.05, 3.63) is 28.5 Å². The van der Waals surface area contributed by atoms with Crippen LogP contribution in [0.15, 0.2) is 22.7 Å². The standard InChI is InChI=1S/C17H21BrFN3O3/c18-12-1-4-15(14(19)9-12)25-11-17(24)22-7-5-21(6-8-22)10-16(23)20-13-2-3-13/h1,4,9,13H,2-3,5-8,10-11H2,(H,20,23). The lowest BCUT2D eigenvalue weighted by Crippen LogP contribution is -2.52. The number of benzene rings is 1. The van der Waals surface area contributed by atoms with Crippen LogP contribution in [0.3, 0.4) is 0 Å². The van der Waals surface area contributed by atoms with Crippen molar-refractivity contribution in [1.82, 2.24) is 15.1 Å². The number of hydrogen-bond acceptors (Lipinski definition) is 4. The minimum Gasteiger partial charge on any atom is -0.481 e. The van der Waals surface area contributed by atoms with E-state index in [-0.39, 0.29) is 24.2 Å². The molecule has 1 saturated carbocycles. The molecule has 0 bridgehead atoms. The van der Waals surface area contributed by atoms with Crippen molar-refractivity contribution >= 4 is 27.7 Å². The normalized spacial score (nSPS) is 18.1. The predicted molar refractivity (Wildman–Crippen MR) is 93.8 cm³/mol. The van der Waals surface area contributed by atoms with E-state index in [1.807, 2.05) is 4.90 Å². The summed E-state index contributed by atoms with van der Waals surface area (Å²) < 4.78 is 19.6. The van der Waals surface area contributed by atoms with E-state index >= 15 is 0 Å². The fraction of sp³-hybridized carbons (Fsp3) is 0.529. The molecule has 1 aromatic carbocycles. The van der Waals surface area contributed by atoms with E-state index < -0.39 is 5.82 Å². The van der Waals surface area contributed by atoms with Crippen LogP contribution >= 0.6 is 15.9 Å². The van der Waals surface area contributed by atoms with Crippen LogP contribution < -0.4 is 10.1 Å². The monoisotopic (exact) mass is 413 g/mol. The highest BCUT2D eigenvalue weighted by Gasteiger charge is 2.26. The molecule has 25 heavy (non-hydrogen) atoms. The molecule has 136 valence electrons. The largest absolute Gasteiger partial charge is 0.481 e. The zero-order valence-electron chi connectivity index (χ0n) is 13.8. The van der Waals surface area contributed by atoms with E-state index in [9.17, 15) is 14.0 Å². The van der Waals surface area contributed by atoms with Crippen LogP contribution in [0.2, 0.25) is 0 Å². The van der Waals surface area contributed by atoms with Gasteiger partial charge < -0.3 is 15.0 Å². The molecule has 3 rings (SSSR count). The van der Waals surface area contributed by atoms with Gasteiger partial charge in [-0.3, -0.25) is 14.5 Å². The summed E-state index contributed by atoms with van der Waals surface area (Å²) in [6, 6.07) is 4.81. The second-order valence-electron chi connectivity index (χ2n) is 6.36. The van der Waals surface area contributed by atoms with Gasteiger partial charge in [-0.05, 0) is 31.0 Å². The molecule has 2 aliphatic rings. The number of ether oxygens (including phenoxy) is 1. The summed E-state index contributed by atoms with van der Waals surface area (Å²) >= 11 is 3.17. The number of nitrogens with zero attached hydrogens (tertiary/aromatic N) is 2. The topological polar surface area (TPSA) is 61.9 Å². The van der Waals surface area contributed by atoms with Crippen LogP contribution in [0, 0.1) is 5.82 Å². The van der Waals surface area contributed by atoms with E-state index in [4.69, 9.17) is 4.74 Å². The third-order valence-corrected chi connectivity index (χ3v) is 4.77. The fourth-order valence-corrected chi connectivity index (χ4v) is 3.02. The van der Waals surface area contributed by atoms with Gasteiger partial charge in [-0.1, -0.05) is 15.9 Å². The van der Waals surface area contributed by atoms with Gasteiger partial charge >= 0.3 is 0 Å². The molecule has 0 aromatic heterocycles. The Bertz CT molecular complexity index is 646. The van der Waals surface area contributed by atoms with Crippen LogP contribution in [0.5, 0.6) is 5.75 Å². The Morgan fingerprint density at radius 2 is 1.96 bits per heavy atom. The second kappa shape index (κ2) is 8.14. The van der Waals surface area contributed by atoms with Crippen LogP contribution in [-0.2, 0) is 9.59 Å². The average molecular weight is 414 g/mol. The van der Waals surface area contributed by atoms with Crippen LogP contribution in [0.1, 0.15) is 12.8 Å². The number of piperazine rings is 1. The minimum absolute atomic E-state index is 0.0522. The van der Waals surface area contributed by atoms with Crippen molar-refractivity contribution in [2.45, 2.75) is 18.9 Å². The molecular formula is C17H21BrFN3O3. The highest BCUT2D eigenvalue weighted by molar-refractivity contribution is 9.10. The molecule has 0 radical (unpaired) electrons. The van der Waals surface area contributed by atoms with Gasteiger partial charge in [-0.15, -0.1) is 0 Å². The van der Waals surface area contributed by atoms with Gasteiger partial charge in [0.1, 0.15) is 0 Å². The number of rotatable bonds is 6. The third-order valence-electron chi connectivity index (χ3n) is 4.28.